The molecule has 0 saturated heterocycles. The van der Waals surface area contributed by atoms with Crippen LogP contribution in [0.1, 0.15) is 22.5 Å². The topological polar surface area (TPSA) is 98.1 Å². The van der Waals surface area contributed by atoms with Crippen LogP contribution in [-0.4, -0.2) is 21.4 Å². The summed E-state index contributed by atoms with van der Waals surface area (Å²) in [7, 11) is 0. The Morgan fingerprint density at radius 2 is 0.917 bits per heavy atom. The lowest BCUT2D eigenvalue weighted by Crippen LogP contribution is -2.26. The maximum Gasteiger partial charge on any atom is 0.206 e. The molecule has 172 valence electrons. The van der Waals surface area contributed by atoms with E-state index in [0.29, 0.717) is 23.3 Å². The van der Waals surface area contributed by atoms with E-state index < -0.39 is 23.3 Å². The molecule has 1 aliphatic carbocycles. The minimum absolute atomic E-state index is 0.00421. The quantitative estimate of drug-likeness (QED) is 0.251. The lowest BCUT2D eigenvalue weighted by atomic mass is 9.87. The highest BCUT2D eigenvalue weighted by Crippen LogP contribution is 2.35. The van der Waals surface area contributed by atoms with Crippen molar-refractivity contribution in [3.63, 3.8) is 0 Å². The highest BCUT2D eigenvalue weighted by Gasteiger charge is 2.32. The van der Waals surface area contributed by atoms with Gasteiger partial charge >= 0.3 is 0 Å². The maximum absolute atomic E-state index is 14.1. The Hall–Kier alpha value is -5.22. The van der Waals surface area contributed by atoms with Crippen molar-refractivity contribution in [1.82, 2.24) is 9.97 Å². The molecule has 0 spiro atoms. The van der Waals surface area contributed by atoms with E-state index in [2.05, 4.69) is 20.0 Å². The first-order chi connectivity index (χ1) is 17.4. The molecule has 0 radical (unpaired) electrons. The number of benzene rings is 3. The fraction of sp³-hybridized carbons (Fsp3) is 0. The van der Waals surface area contributed by atoms with Crippen LogP contribution in [0.5, 0.6) is 0 Å². The van der Waals surface area contributed by atoms with Crippen LogP contribution in [0, 0.1) is 46.2 Å². The van der Waals surface area contributed by atoms with E-state index in [-0.39, 0.29) is 45.3 Å². The molecule has 5 rings (SSSR count). The Balaban J connectivity index is 1.93. The van der Waals surface area contributed by atoms with Gasteiger partial charge in [-0.3, -0.25) is 0 Å². The summed E-state index contributed by atoms with van der Waals surface area (Å²) in [5.41, 5.74) is 0.635. The number of rotatable bonds is 2. The second kappa shape index (κ2) is 8.85. The van der Waals surface area contributed by atoms with Crippen LogP contribution >= 0.6 is 0 Å². The largest absolute Gasteiger partial charge is 0.241 e. The summed E-state index contributed by atoms with van der Waals surface area (Å²) in [4.78, 5) is 16.8. The van der Waals surface area contributed by atoms with Gasteiger partial charge in [0.1, 0.15) is 46.1 Å². The third-order valence-electron chi connectivity index (χ3n) is 5.38. The molecule has 4 aromatic rings. The third-order valence-corrected chi connectivity index (χ3v) is 5.38. The van der Waals surface area contributed by atoms with Gasteiger partial charge in [-0.25, -0.2) is 27.5 Å². The zero-order valence-electron chi connectivity index (χ0n) is 18.0. The number of nitrogens with zero attached hydrogens (tertiary/aromatic N) is 6. The molecule has 0 bridgehead atoms. The van der Waals surface area contributed by atoms with Crippen LogP contribution in [0.4, 0.5) is 17.6 Å². The number of aromatic nitrogens is 2. The molecule has 0 unspecified atom stereocenters. The molecule has 0 N–H and O–H groups in total. The van der Waals surface area contributed by atoms with Crippen LogP contribution in [0.3, 0.4) is 0 Å². The Bertz CT molecular complexity index is 1550. The van der Waals surface area contributed by atoms with Crippen molar-refractivity contribution < 1.29 is 17.6 Å². The molecular formula is C26H10F4N6. The summed E-state index contributed by atoms with van der Waals surface area (Å²) in [6.45, 7) is 0. The fourth-order valence-corrected chi connectivity index (χ4v) is 4.03. The van der Waals surface area contributed by atoms with Crippen molar-refractivity contribution in [2.75, 3.05) is 0 Å². The van der Waals surface area contributed by atoms with Crippen molar-refractivity contribution in [3.8, 4) is 34.9 Å². The molecule has 0 fully saturated rings. The number of hydrogen-bond donors (Lipinski definition) is 0. The number of aliphatic imine (C=N–C) groups is 2. The average Bonchev–Trinajstić information content (AvgIpc) is 2.84. The smallest absolute Gasteiger partial charge is 0.206 e. The summed E-state index contributed by atoms with van der Waals surface area (Å²) >= 11 is 0. The van der Waals surface area contributed by atoms with E-state index in [1.54, 1.807) is 36.7 Å². The predicted molar refractivity (Wildman–Crippen MR) is 122 cm³/mol. The lowest BCUT2D eigenvalue weighted by molar-refractivity contribution is 0.583. The fourth-order valence-electron chi connectivity index (χ4n) is 4.03. The highest BCUT2D eigenvalue weighted by atomic mass is 19.1. The molecular weight excluding hydrogens is 472 g/mol. The molecule has 3 aromatic carbocycles. The molecule has 1 heterocycles. The zero-order valence-corrected chi connectivity index (χ0v) is 18.0. The Labute approximate surface area is 201 Å². The summed E-state index contributed by atoms with van der Waals surface area (Å²) in [6.07, 6.45) is 3.40. The Kier molecular flexibility index (Phi) is 5.55. The minimum Gasteiger partial charge on any atom is -0.241 e. The van der Waals surface area contributed by atoms with E-state index in [1.807, 2.05) is 0 Å². The van der Waals surface area contributed by atoms with Gasteiger partial charge in [0.25, 0.3) is 0 Å². The van der Waals surface area contributed by atoms with Crippen LogP contribution in [0.25, 0.3) is 22.5 Å². The van der Waals surface area contributed by atoms with Crippen molar-refractivity contribution in [1.29, 1.82) is 10.5 Å². The first-order valence-electron chi connectivity index (χ1n) is 10.3. The van der Waals surface area contributed by atoms with Crippen molar-refractivity contribution in [2.45, 2.75) is 0 Å². The molecule has 0 atom stereocenters. The van der Waals surface area contributed by atoms with Gasteiger partial charge in [-0.05, 0) is 24.3 Å². The SMILES string of the molecule is N#C/N=C1/c2ccccc2/C(=N\C#N)c2nc(-c3cc(F)cc(F)c3)c(-c3cc(F)cc(F)c3)nc21. The summed E-state index contributed by atoms with van der Waals surface area (Å²) in [5.74, 6) is -3.65. The first kappa shape index (κ1) is 22.6. The van der Waals surface area contributed by atoms with E-state index in [9.17, 15) is 28.1 Å². The molecule has 6 nitrogen and oxygen atoms in total. The van der Waals surface area contributed by atoms with Gasteiger partial charge in [0, 0.05) is 34.4 Å². The van der Waals surface area contributed by atoms with Gasteiger partial charge < -0.3 is 0 Å². The van der Waals surface area contributed by atoms with Crippen LogP contribution in [0.15, 0.2) is 70.6 Å². The number of halogens is 4. The van der Waals surface area contributed by atoms with Crippen LogP contribution < -0.4 is 0 Å². The minimum atomic E-state index is -0.913. The summed E-state index contributed by atoms with van der Waals surface area (Å²) < 4.78 is 56.6. The molecule has 0 saturated carbocycles. The Morgan fingerprint density at radius 1 is 0.556 bits per heavy atom. The van der Waals surface area contributed by atoms with Crippen molar-refractivity contribution in [3.05, 3.63) is 106 Å². The number of nitriles is 2. The van der Waals surface area contributed by atoms with E-state index >= 15 is 0 Å². The van der Waals surface area contributed by atoms with Crippen LogP contribution in [-0.2, 0) is 0 Å². The van der Waals surface area contributed by atoms with Gasteiger partial charge in [0.2, 0.25) is 12.4 Å². The molecule has 0 aliphatic heterocycles. The summed E-state index contributed by atoms with van der Waals surface area (Å²) in [5, 5.41) is 18.7. The lowest BCUT2D eigenvalue weighted by Gasteiger charge is -2.22. The van der Waals surface area contributed by atoms with E-state index in [0.717, 1.165) is 24.3 Å². The molecule has 1 aliphatic rings. The normalized spacial score (nSPS) is 14.2. The predicted octanol–water partition coefficient (Wildman–Crippen LogP) is 5.32. The van der Waals surface area contributed by atoms with Gasteiger partial charge in [-0.15, -0.1) is 0 Å². The zero-order chi connectivity index (χ0) is 25.4. The first-order valence-corrected chi connectivity index (χ1v) is 10.3. The van der Waals surface area contributed by atoms with Gasteiger partial charge in [-0.1, -0.05) is 24.3 Å². The third kappa shape index (κ3) is 3.87. The molecule has 36 heavy (non-hydrogen) atoms. The average molecular weight is 482 g/mol. The Morgan fingerprint density at radius 3 is 1.25 bits per heavy atom. The van der Waals surface area contributed by atoms with Gasteiger partial charge in [0.15, 0.2) is 0 Å². The highest BCUT2D eigenvalue weighted by molar-refractivity contribution is 6.30. The standard InChI is InChI=1S/C26H10F4N6/c27-15-5-13(6-16(28)9-15)21-22(14-7-17(29)10-18(30)8-14)36-26-24(34-12-32)20-4-2-1-3-19(20)23(33-11-31)25(26)35-21/h1-10H/b33-23-,34-24+. The van der Waals surface area contributed by atoms with Crippen molar-refractivity contribution >= 4 is 11.4 Å². The summed E-state index contributed by atoms with van der Waals surface area (Å²) in [6, 6.07) is 11.9. The number of hydrogen-bond acceptors (Lipinski definition) is 6. The van der Waals surface area contributed by atoms with Gasteiger partial charge in [0.05, 0.1) is 11.4 Å². The second-order valence-electron chi connectivity index (χ2n) is 7.60. The molecule has 10 heteroatoms. The van der Waals surface area contributed by atoms with E-state index in [4.69, 9.17) is 0 Å². The maximum atomic E-state index is 14.1. The molecule has 1 aromatic heterocycles. The number of fused-ring (bicyclic) bond motifs is 2. The molecule has 0 amide bonds. The van der Waals surface area contributed by atoms with Crippen LogP contribution in [0.2, 0.25) is 0 Å². The monoisotopic (exact) mass is 482 g/mol. The van der Waals surface area contributed by atoms with Gasteiger partial charge in [-0.2, -0.15) is 20.5 Å². The second-order valence-corrected chi connectivity index (χ2v) is 7.60. The van der Waals surface area contributed by atoms with E-state index in [1.165, 1.54) is 0 Å². The van der Waals surface area contributed by atoms with Crippen molar-refractivity contribution in [2.24, 2.45) is 9.98 Å².